The van der Waals surface area contributed by atoms with E-state index in [-0.39, 0.29) is 18.6 Å². The van der Waals surface area contributed by atoms with E-state index in [1.54, 1.807) is 18.2 Å². The predicted octanol–water partition coefficient (Wildman–Crippen LogP) is 1.75. The van der Waals surface area contributed by atoms with Crippen LogP contribution in [0.5, 0.6) is 11.5 Å². The van der Waals surface area contributed by atoms with E-state index < -0.39 is 5.97 Å². The van der Waals surface area contributed by atoms with Gasteiger partial charge < -0.3 is 14.6 Å². The molecule has 17 heavy (non-hydrogen) atoms. The lowest BCUT2D eigenvalue weighted by Crippen LogP contribution is -2.05. The Kier molecular flexibility index (Phi) is 4.51. The molecule has 0 aliphatic rings. The number of carbonyl (C=O) groups is 2. The summed E-state index contributed by atoms with van der Waals surface area (Å²) in [5.74, 6) is -0.283. The van der Waals surface area contributed by atoms with E-state index in [0.717, 1.165) is 0 Å². The van der Waals surface area contributed by atoms with E-state index in [0.29, 0.717) is 17.1 Å². The van der Waals surface area contributed by atoms with Gasteiger partial charge in [-0.15, -0.1) is 0 Å². The Balaban J connectivity index is 2.89. The molecule has 5 heteroatoms. The molecule has 0 unspecified atom stereocenters. The molecule has 0 aromatic heterocycles. The predicted molar refractivity (Wildman–Crippen MR) is 60.7 cm³/mol. The fourth-order valence-corrected chi connectivity index (χ4v) is 1.38. The van der Waals surface area contributed by atoms with Crippen LogP contribution in [0.4, 0.5) is 0 Å². The van der Waals surface area contributed by atoms with E-state index >= 15 is 0 Å². The van der Waals surface area contributed by atoms with Gasteiger partial charge in [-0.1, -0.05) is 0 Å². The lowest BCUT2D eigenvalue weighted by atomic mass is 10.1. The smallest absolute Gasteiger partial charge is 0.303 e. The topological polar surface area (TPSA) is 72.8 Å². The molecule has 1 aromatic rings. The molecular formula is C12H14O5. The van der Waals surface area contributed by atoms with Gasteiger partial charge in [-0.05, 0) is 12.1 Å². The first-order valence-corrected chi connectivity index (χ1v) is 5.05. The molecule has 0 aliphatic heterocycles. The number of benzene rings is 1. The van der Waals surface area contributed by atoms with Crippen LogP contribution in [0, 0.1) is 0 Å². The van der Waals surface area contributed by atoms with Crippen LogP contribution >= 0.6 is 0 Å². The zero-order chi connectivity index (χ0) is 12.8. The maximum absolute atomic E-state index is 11.7. The lowest BCUT2D eigenvalue weighted by molar-refractivity contribution is -0.136. The number of carboxylic acids is 1. The molecule has 0 spiro atoms. The van der Waals surface area contributed by atoms with E-state index in [4.69, 9.17) is 14.6 Å². The first kappa shape index (κ1) is 13.0. The van der Waals surface area contributed by atoms with Crippen molar-refractivity contribution in [3.05, 3.63) is 23.8 Å². The maximum atomic E-state index is 11.7. The molecule has 0 saturated heterocycles. The first-order chi connectivity index (χ1) is 8.08. The van der Waals surface area contributed by atoms with Crippen molar-refractivity contribution in [3.8, 4) is 11.5 Å². The van der Waals surface area contributed by atoms with Crippen LogP contribution in [0.25, 0.3) is 0 Å². The molecule has 0 fully saturated rings. The monoisotopic (exact) mass is 238 g/mol. The zero-order valence-electron chi connectivity index (χ0n) is 9.73. The summed E-state index contributed by atoms with van der Waals surface area (Å²) in [7, 11) is 2.96. The minimum absolute atomic E-state index is 0.0436. The van der Waals surface area contributed by atoms with Crippen molar-refractivity contribution >= 4 is 11.8 Å². The normalized spacial score (nSPS) is 9.76. The van der Waals surface area contributed by atoms with Crippen molar-refractivity contribution in [2.24, 2.45) is 0 Å². The number of hydrogen-bond acceptors (Lipinski definition) is 4. The molecule has 0 heterocycles. The van der Waals surface area contributed by atoms with Gasteiger partial charge in [0.1, 0.15) is 11.5 Å². The highest BCUT2D eigenvalue weighted by Crippen LogP contribution is 2.25. The highest BCUT2D eigenvalue weighted by atomic mass is 16.5. The molecule has 5 nitrogen and oxygen atoms in total. The van der Waals surface area contributed by atoms with Gasteiger partial charge in [-0.3, -0.25) is 9.59 Å². The Hall–Kier alpha value is -2.04. The molecule has 0 saturated carbocycles. The number of methoxy groups -OCH3 is 2. The quantitative estimate of drug-likeness (QED) is 0.764. The summed E-state index contributed by atoms with van der Waals surface area (Å²) in [4.78, 5) is 22.1. The van der Waals surface area contributed by atoms with Crippen molar-refractivity contribution < 1.29 is 24.2 Å². The summed E-state index contributed by atoms with van der Waals surface area (Å²) >= 11 is 0. The second-order valence-electron chi connectivity index (χ2n) is 3.38. The molecule has 92 valence electrons. The minimum atomic E-state index is -0.995. The van der Waals surface area contributed by atoms with Crippen LogP contribution in [-0.4, -0.2) is 31.1 Å². The largest absolute Gasteiger partial charge is 0.497 e. The van der Waals surface area contributed by atoms with E-state index in [1.807, 2.05) is 0 Å². The Morgan fingerprint density at radius 3 is 2.41 bits per heavy atom. The van der Waals surface area contributed by atoms with Gasteiger partial charge in [0, 0.05) is 12.5 Å². The molecule has 1 N–H and O–H groups in total. The van der Waals surface area contributed by atoms with Gasteiger partial charge in [-0.2, -0.15) is 0 Å². The number of ketones is 1. The summed E-state index contributed by atoms with van der Waals surface area (Å²) < 4.78 is 10.1. The summed E-state index contributed by atoms with van der Waals surface area (Å²) in [5, 5.41) is 8.51. The van der Waals surface area contributed by atoms with Crippen LogP contribution in [0.3, 0.4) is 0 Å². The average molecular weight is 238 g/mol. The molecule has 0 bridgehead atoms. The second-order valence-corrected chi connectivity index (χ2v) is 3.38. The summed E-state index contributed by atoms with van der Waals surface area (Å²) in [6.07, 6.45) is -0.230. The summed E-state index contributed by atoms with van der Waals surface area (Å²) in [6, 6.07) is 4.80. The van der Waals surface area contributed by atoms with E-state index in [2.05, 4.69) is 0 Å². The number of carboxylic acid groups (broad SMARTS) is 1. The summed E-state index contributed by atoms with van der Waals surface area (Å²) in [5.41, 5.74) is 0.370. The molecule has 0 amide bonds. The number of hydrogen-bond donors (Lipinski definition) is 1. The van der Waals surface area contributed by atoms with Gasteiger partial charge in [0.25, 0.3) is 0 Å². The lowest BCUT2D eigenvalue weighted by Gasteiger charge is -2.08. The fourth-order valence-electron chi connectivity index (χ4n) is 1.38. The number of rotatable bonds is 6. The van der Waals surface area contributed by atoms with Crippen molar-refractivity contribution in [3.63, 3.8) is 0 Å². The van der Waals surface area contributed by atoms with Gasteiger partial charge in [0.2, 0.25) is 0 Å². The number of carbonyl (C=O) groups excluding carboxylic acids is 1. The maximum Gasteiger partial charge on any atom is 0.303 e. The molecule has 0 atom stereocenters. The Bertz CT molecular complexity index is 425. The average Bonchev–Trinajstić information content (AvgIpc) is 2.34. The van der Waals surface area contributed by atoms with Gasteiger partial charge in [-0.25, -0.2) is 0 Å². The third-order valence-electron chi connectivity index (χ3n) is 2.28. The molecule has 0 radical (unpaired) electrons. The van der Waals surface area contributed by atoms with Crippen molar-refractivity contribution in [1.29, 1.82) is 0 Å². The Labute approximate surface area is 99.0 Å². The highest BCUT2D eigenvalue weighted by molar-refractivity contribution is 6.00. The van der Waals surface area contributed by atoms with Gasteiger partial charge >= 0.3 is 5.97 Å². The van der Waals surface area contributed by atoms with Crippen molar-refractivity contribution in [2.75, 3.05) is 14.2 Å². The zero-order valence-corrected chi connectivity index (χ0v) is 9.73. The SMILES string of the molecule is COc1ccc(C(=O)CCC(=O)O)c(OC)c1. The third kappa shape index (κ3) is 3.48. The number of Topliss-reactive ketones (excluding diaryl/α,β-unsaturated/α-hetero) is 1. The molecule has 0 aliphatic carbocycles. The van der Waals surface area contributed by atoms with E-state index in [1.165, 1.54) is 14.2 Å². The minimum Gasteiger partial charge on any atom is -0.497 e. The summed E-state index contributed by atoms with van der Waals surface area (Å²) in [6.45, 7) is 0. The van der Waals surface area contributed by atoms with Crippen molar-refractivity contribution in [1.82, 2.24) is 0 Å². The molecular weight excluding hydrogens is 224 g/mol. The molecule has 1 aromatic carbocycles. The number of ether oxygens (including phenoxy) is 2. The first-order valence-electron chi connectivity index (χ1n) is 5.05. The van der Waals surface area contributed by atoms with E-state index in [9.17, 15) is 9.59 Å². The van der Waals surface area contributed by atoms with Crippen LogP contribution in [0.1, 0.15) is 23.2 Å². The second kappa shape index (κ2) is 5.89. The van der Waals surface area contributed by atoms with Crippen LogP contribution < -0.4 is 9.47 Å². The Morgan fingerprint density at radius 2 is 1.88 bits per heavy atom. The van der Waals surface area contributed by atoms with Crippen LogP contribution in [0.15, 0.2) is 18.2 Å². The van der Waals surface area contributed by atoms with Crippen LogP contribution in [0.2, 0.25) is 0 Å². The standard InChI is InChI=1S/C12H14O5/c1-16-8-3-4-9(11(7-8)17-2)10(13)5-6-12(14)15/h3-4,7H,5-6H2,1-2H3,(H,14,15). The molecule has 1 rings (SSSR count). The fraction of sp³-hybridized carbons (Fsp3) is 0.333. The van der Waals surface area contributed by atoms with Crippen molar-refractivity contribution in [2.45, 2.75) is 12.8 Å². The third-order valence-corrected chi connectivity index (χ3v) is 2.28. The van der Waals surface area contributed by atoms with Gasteiger partial charge in [0.15, 0.2) is 5.78 Å². The highest BCUT2D eigenvalue weighted by Gasteiger charge is 2.14. The van der Waals surface area contributed by atoms with Gasteiger partial charge in [0.05, 0.1) is 26.2 Å². The number of aliphatic carboxylic acids is 1. The van der Waals surface area contributed by atoms with Crippen LogP contribution in [-0.2, 0) is 4.79 Å². The Morgan fingerprint density at radius 1 is 1.18 bits per heavy atom.